The molecular weight excluding hydrogens is 332 g/mol. The number of amides is 1. The molecule has 7 heteroatoms. The highest BCUT2D eigenvalue weighted by atomic mass is 35.5. The molecule has 1 aromatic carbocycles. The van der Waals surface area contributed by atoms with Crippen LogP contribution in [0, 0.1) is 0 Å². The summed E-state index contributed by atoms with van der Waals surface area (Å²) >= 11 is 6.15. The van der Waals surface area contributed by atoms with Gasteiger partial charge in [-0.2, -0.15) is 0 Å². The fourth-order valence-corrected chi connectivity index (χ4v) is 3.06. The van der Waals surface area contributed by atoms with Gasteiger partial charge in [-0.25, -0.2) is 4.79 Å². The normalized spacial score (nSPS) is 17.4. The third-order valence-corrected chi connectivity index (χ3v) is 4.26. The number of nitrogens with one attached hydrogen (secondary N) is 1. The second-order valence-corrected chi connectivity index (χ2v) is 7.31. The number of halogens is 1. The standard InChI is InChI=1S/C17H23ClN2O4/c1-17(2,3)24-16(23)20-10-8-19(9-11-20)14(15(21)22)12-6-4-5-7-13(12)18/h4-7,14H,8-11H2,1-3H3,(H,21,22)/t14-/m0/s1. The van der Waals surface area contributed by atoms with Crippen molar-refractivity contribution in [3.05, 3.63) is 34.9 Å². The molecule has 0 aromatic heterocycles. The minimum Gasteiger partial charge on any atom is -0.544 e. The summed E-state index contributed by atoms with van der Waals surface area (Å²) in [6.07, 6.45) is -0.371. The van der Waals surface area contributed by atoms with Crippen LogP contribution in [0.1, 0.15) is 32.4 Å². The molecule has 132 valence electrons. The first kappa shape index (κ1) is 18.5. The minimum absolute atomic E-state index is 0.371. The van der Waals surface area contributed by atoms with E-state index in [2.05, 4.69) is 0 Å². The Morgan fingerprint density at radius 2 is 1.83 bits per heavy atom. The predicted octanol–water partition coefficient (Wildman–Crippen LogP) is 0.267. The second-order valence-electron chi connectivity index (χ2n) is 6.90. The molecule has 1 saturated heterocycles. The number of nitrogens with zero attached hydrogens (tertiary/aromatic N) is 1. The largest absolute Gasteiger partial charge is 0.544 e. The van der Waals surface area contributed by atoms with Crippen molar-refractivity contribution >= 4 is 23.7 Å². The highest BCUT2D eigenvalue weighted by Crippen LogP contribution is 2.21. The maximum Gasteiger partial charge on any atom is 0.410 e. The summed E-state index contributed by atoms with van der Waals surface area (Å²) < 4.78 is 5.35. The number of ether oxygens (including phenoxy) is 1. The van der Waals surface area contributed by atoms with Crippen LogP contribution in [0.4, 0.5) is 4.79 Å². The Balaban J connectivity index is 2.05. The number of rotatable bonds is 3. The molecule has 1 N–H and O–H groups in total. The molecule has 1 heterocycles. The van der Waals surface area contributed by atoms with Crippen LogP contribution in [0.25, 0.3) is 0 Å². The van der Waals surface area contributed by atoms with Gasteiger partial charge < -0.3 is 19.5 Å². The molecule has 1 amide bonds. The number of carboxylic acid groups (broad SMARTS) is 1. The average Bonchev–Trinajstić information content (AvgIpc) is 2.48. The van der Waals surface area contributed by atoms with Gasteiger partial charge in [-0.1, -0.05) is 29.8 Å². The molecule has 0 spiro atoms. The van der Waals surface area contributed by atoms with Crippen LogP contribution in [-0.4, -0.2) is 48.7 Å². The van der Waals surface area contributed by atoms with Gasteiger partial charge in [-0.05, 0) is 26.8 Å². The molecule has 6 nitrogen and oxygen atoms in total. The van der Waals surface area contributed by atoms with Gasteiger partial charge >= 0.3 is 6.09 Å². The first-order valence-electron chi connectivity index (χ1n) is 7.97. The fraction of sp³-hybridized carbons (Fsp3) is 0.529. The second kappa shape index (κ2) is 7.40. The van der Waals surface area contributed by atoms with Crippen LogP contribution in [0.15, 0.2) is 24.3 Å². The molecule has 1 aromatic rings. The van der Waals surface area contributed by atoms with Gasteiger partial charge in [0.15, 0.2) is 6.04 Å². The van der Waals surface area contributed by atoms with E-state index in [-0.39, 0.29) is 6.09 Å². The van der Waals surface area contributed by atoms with Crippen molar-refractivity contribution in [3.63, 3.8) is 0 Å². The zero-order valence-electron chi connectivity index (χ0n) is 14.2. The molecule has 2 rings (SSSR count). The van der Waals surface area contributed by atoms with E-state index in [4.69, 9.17) is 16.3 Å². The quantitative estimate of drug-likeness (QED) is 0.845. The van der Waals surface area contributed by atoms with Gasteiger partial charge in [0.05, 0.1) is 31.2 Å². The smallest absolute Gasteiger partial charge is 0.410 e. The topological polar surface area (TPSA) is 74.1 Å². The third kappa shape index (κ3) is 4.61. The monoisotopic (exact) mass is 354 g/mol. The number of benzene rings is 1. The summed E-state index contributed by atoms with van der Waals surface area (Å²) in [5, 5.41) is 12.1. The summed E-state index contributed by atoms with van der Waals surface area (Å²) in [6.45, 7) is 7.28. The van der Waals surface area contributed by atoms with Crippen molar-refractivity contribution in [3.8, 4) is 0 Å². The van der Waals surface area contributed by atoms with Crippen LogP contribution >= 0.6 is 11.6 Å². The number of carbonyl (C=O) groups is 2. The van der Waals surface area contributed by atoms with E-state index >= 15 is 0 Å². The van der Waals surface area contributed by atoms with Crippen molar-refractivity contribution in [2.75, 3.05) is 26.2 Å². The molecule has 1 atom stereocenters. The number of hydrogen-bond acceptors (Lipinski definition) is 4. The first-order chi connectivity index (χ1) is 11.2. The number of carbonyl (C=O) groups excluding carboxylic acids is 2. The van der Waals surface area contributed by atoms with E-state index in [1.54, 1.807) is 29.2 Å². The Hall–Kier alpha value is -1.79. The van der Waals surface area contributed by atoms with Crippen LogP contribution < -0.4 is 10.0 Å². The maximum absolute atomic E-state index is 12.1. The van der Waals surface area contributed by atoms with Gasteiger partial charge in [-0.3, -0.25) is 4.90 Å². The van der Waals surface area contributed by atoms with E-state index in [0.717, 1.165) is 4.90 Å². The summed E-state index contributed by atoms with van der Waals surface area (Å²) in [7, 11) is 0. The Bertz CT molecular complexity index is 607. The van der Waals surface area contributed by atoms with Crippen LogP contribution in [0.2, 0.25) is 5.02 Å². The number of aliphatic carboxylic acids is 1. The Kier molecular flexibility index (Phi) is 5.72. The molecule has 0 radical (unpaired) electrons. The van der Waals surface area contributed by atoms with Crippen molar-refractivity contribution < 1.29 is 24.3 Å². The summed E-state index contributed by atoms with van der Waals surface area (Å²) in [5.74, 6) is -1.16. The first-order valence-corrected chi connectivity index (χ1v) is 8.34. The molecular formula is C17H23ClN2O4. The molecule has 0 bridgehead atoms. The van der Waals surface area contributed by atoms with Crippen molar-refractivity contribution in [2.45, 2.75) is 32.4 Å². The van der Waals surface area contributed by atoms with Crippen molar-refractivity contribution in [1.29, 1.82) is 0 Å². The zero-order valence-corrected chi connectivity index (χ0v) is 14.9. The zero-order chi connectivity index (χ0) is 17.9. The minimum atomic E-state index is -1.16. The Morgan fingerprint density at radius 3 is 2.33 bits per heavy atom. The number of carboxylic acids is 1. The summed E-state index contributed by atoms with van der Waals surface area (Å²) in [4.78, 5) is 26.2. The summed E-state index contributed by atoms with van der Waals surface area (Å²) in [6, 6.07) is 6.04. The highest BCUT2D eigenvalue weighted by molar-refractivity contribution is 6.31. The van der Waals surface area contributed by atoms with Gasteiger partial charge in [-0.15, -0.1) is 0 Å². The SMILES string of the molecule is CC(C)(C)OC(=O)N1CC[NH+]([C@H](C(=O)[O-])c2ccccc2Cl)CC1. The van der Waals surface area contributed by atoms with E-state index in [1.807, 2.05) is 20.8 Å². The van der Waals surface area contributed by atoms with Gasteiger partial charge in [0.25, 0.3) is 0 Å². The lowest BCUT2D eigenvalue weighted by Crippen LogP contribution is -3.16. The molecule has 0 saturated carbocycles. The van der Waals surface area contributed by atoms with E-state index in [1.165, 1.54) is 0 Å². The molecule has 0 unspecified atom stereocenters. The number of piperazine rings is 1. The van der Waals surface area contributed by atoms with Gasteiger partial charge in [0.2, 0.25) is 0 Å². The molecule has 1 aliphatic rings. The Labute approximate surface area is 146 Å². The van der Waals surface area contributed by atoms with Crippen LogP contribution in [0.3, 0.4) is 0 Å². The molecule has 1 fully saturated rings. The van der Waals surface area contributed by atoms with Gasteiger partial charge in [0.1, 0.15) is 11.6 Å². The average molecular weight is 355 g/mol. The number of hydrogen-bond donors (Lipinski definition) is 1. The lowest BCUT2D eigenvalue weighted by Gasteiger charge is -2.37. The van der Waals surface area contributed by atoms with E-state index in [0.29, 0.717) is 36.8 Å². The van der Waals surface area contributed by atoms with Gasteiger partial charge in [0, 0.05) is 5.56 Å². The predicted molar refractivity (Wildman–Crippen MR) is 87.7 cm³/mol. The maximum atomic E-state index is 12.1. The number of quaternary nitrogens is 1. The van der Waals surface area contributed by atoms with Crippen molar-refractivity contribution in [1.82, 2.24) is 4.90 Å². The van der Waals surface area contributed by atoms with E-state index < -0.39 is 17.6 Å². The lowest BCUT2D eigenvalue weighted by atomic mass is 10.0. The van der Waals surface area contributed by atoms with Crippen LogP contribution in [0.5, 0.6) is 0 Å². The fourth-order valence-electron chi connectivity index (χ4n) is 2.81. The van der Waals surface area contributed by atoms with Crippen LogP contribution in [-0.2, 0) is 9.53 Å². The molecule has 1 aliphatic heterocycles. The molecule has 24 heavy (non-hydrogen) atoms. The van der Waals surface area contributed by atoms with Crippen molar-refractivity contribution in [2.24, 2.45) is 0 Å². The summed E-state index contributed by atoms with van der Waals surface area (Å²) in [5.41, 5.74) is -0.00789. The molecule has 0 aliphatic carbocycles. The third-order valence-electron chi connectivity index (χ3n) is 3.92. The lowest BCUT2D eigenvalue weighted by molar-refractivity contribution is -0.928. The van der Waals surface area contributed by atoms with E-state index in [9.17, 15) is 14.7 Å². The highest BCUT2D eigenvalue weighted by Gasteiger charge is 2.33. The Morgan fingerprint density at radius 1 is 1.25 bits per heavy atom.